The zero-order chi connectivity index (χ0) is 30.2. The van der Waals surface area contributed by atoms with E-state index >= 15 is 0 Å². The molecule has 0 fully saturated rings. The number of hydrogen-bond acceptors (Lipinski definition) is 5. The molecule has 0 spiro atoms. The lowest BCUT2D eigenvalue weighted by molar-refractivity contribution is -0.139. The fourth-order valence-electron chi connectivity index (χ4n) is 4.02. The Kier molecular flexibility index (Phi) is 11.6. The predicted octanol–water partition coefficient (Wildman–Crippen LogP) is 6.03. The molecule has 220 valence electrons. The monoisotopic (exact) mass is 663 g/mol. The summed E-state index contributed by atoms with van der Waals surface area (Å²) in [7, 11) is -4.19. The summed E-state index contributed by atoms with van der Waals surface area (Å²) < 4.78 is 35.2. The molecule has 0 aromatic heterocycles. The average molecular weight is 665 g/mol. The van der Waals surface area contributed by atoms with E-state index in [0.717, 1.165) is 20.8 Å². The molecule has 0 unspecified atom stereocenters. The first-order chi connectivity index (χ1) is 19.5. The van der Waals surface area contributed by atoms with Crippen LogP contribution in [0.2, 0.25) is 5.02 Å². The first-order valence-corrected chi connectivity index (χ1v) is 15.9. The molecular weight excluding hydrogens is 630 g/mol. The van der Waals surface area contributed by atoms with E-state index in [1.54, 1.807) is 31.2 Å². The van der Waals surface area contributed by atoms with Crippen molar-refractivity contribution >= 4 is 55.1 Å². The molecule has 0 saturated carbocycles. The van der Waals surface area contributed by atoms with Gasteiger partial charge in [-0.3, -0.25) is 13.9 Å². The van der Waals surface area contributed by atoms with Gasteiger partial charge in [0.1, 0.15) is 18.3 Å². The van der Waals surface area contributed by atoms with Gasteiger partial charge in [0, 0.05) is 22.1 Å². The summed E-state index contributed by atoms with van der Waals surface area (Å²) in [6, 6.07) is 18.7. The highest BCUT2D eigenvalue weighted by Gasteiger charge is 2.33. The minimum absolute atomic E-state index is 0.0234. The van der Waals surface area contributed by atoms with E-state index in [1.165, 1.54) is 29.2 Å². The van der Waals surface area contributed by atoms with E-state index in [9.17, 15) is 18.0 Å². The standard InChI is InChI=1S/C30H35BrClN3O5S/c1-5-21(3)33-30(37)22(4)34(19-23-8-7-9-24(31)18-23)29(36)20-35(26-12-14-27(15-13-26)40-6-2)41(38,39)28-16-10-25(32)11-17-28/h7-18,21-22H,5-6,19-20H2,1-4H3,(H,33,37)/t21-,22-/m1/s1. The predicted molar refractivity (Wildman–Crippen MR) is 166 cm³/mol. The molecule has 0 aliphatic carbocycles. The number of benzene rings is 3. The Hall–Kier alpha value is -3.08. The summed E-state index contributed by atoms with van der Waals surface area (Å²) in [5, 5.41) is 3.31. The topological polar surface area (TPSA) is 96.0 Å². The SMILES string of the molecule is CCOc1ccc(N(CC(=O)N(Cc2cccc(Br)c2)[C@H](C)C(=O)N[C@H](C)CC)S(=O)(=O)c2ccc(Cl)cc2)cc1. The average Bonchev–Trinajstić information content (AvgIpc) is 2.95. The molecule has 0 aliphatic heterocycles. The van der Waals surface area contributed by atoms with Gasteiger partial charge >= 0.3 is 0 Å². The van der Waals surface area contributed by atoms with Crippen LogP contribution in [0.25, 0.3) is 0 Å². The van der Waals surface area contributed by atoms with Crippen molar-refractivity contribution in [2.45, 2.75) is 57.6 Å². The van der Waals surface area contributed by atoms with Crippen LogP contribution in [-0.2, 0) is 26.2 Å². The third-order valence-electron chi connectivity index (χ3n) is 6.53. The van der Waals surface area contributed by atoms with E-state index in [2.05, 4.69) is 21.2 Å². The lowest BCUT2D eigenvalue weighted by atomic mass is 10.1. The van der Waals surface area contributed by atoms with Gasteiger partial charge < -0.3 is 15.0 Å². The first-order valence-electron chi connectivity index (χ1n) is 13.3. The second-order valence-corrected chi connectivity index (χ2v) is 12.8. The molecule has 0 aliphatic rings. The van der Waals surface area contributed by atoms with Crippen LogP contribution in [0.1, 0.15) is 39.7 Å². The zero-order valence-electron chi connectivity index (χ0n) is 23.5. The molecule has 3 aromatic rings. The number of ether oxygens (including phenoxy) is 1. The van der Waals surface area contributed by atoms with E-state index in [-0.39, 0.29) is 29.1 Å². The molecule has 2 amide bonds. The molecule has 0 saturated heterocycles. The number of carbonyl (C=O) groups excluding carboxylic acids is 2. The minimum Gasteiger partial charge on any atom is -0.494 e. The number of rotatable bonds is 13. The van der Waals surface area contributed by atoms with Crippen molar-refractivity contribution in [1.82, 2.24) is 10.2 Å². The molecule has 1 N–H and O–H groups in total. The maximum Gasteiger partial charge on any atom is 0.264 e. The smallest absolute Gasteiger partial charge is 0.264 e. The maximum atomic E-state index is 14.0. The Bertz CT molecular complexity index is 1440. The summed E-state index contributed by atoms with van der Waals surface area (Å²) >= 11 is 9.46. The number of amides is 2. The molecule has 3 aromatic carbocycles. The molecule has 0 radical (unpaired) electrons. The number of nitrogens with one attached hydrogen (secondary N) is 1. The molecule has 2 atom stereocenters. The number of sulfonamides is 1. The molecule has 0 bridgehead atoms. The number of carbonyl (C=O) groups is 2. The van der Waals surface area contributed by atoms with Crippen molar-refractivity contribution in [3.05, 3.63) is 87.9 Å². The van der Waals surface area contributed by atoms with Crippen LogP contribution < -0.4 is 14.4 Å². The van der Waals surface area contributed by atoms with Gasteiger partial charge in [0.25, 0.3) is 10.0 Å². The highest BCUT2D eigenvalue weighted by Crippen LogP contribution is 2.27. The third-order valence-corrected chi connectivity index (χ3v) is 9.06. The number of halogens is 2. The Labute approximate surface area is 255 Å². The zero-order valence-corrected chi connectivity index (χ0v) is 26.7. The summed E-state index contributed by atoms with van der Waals surface area (Å²) in [6.45, 7) is 7.35. The second-order valence-electron chi connectivity index (χ2n) is 9.54. The van der Waals surface area contributed by atoms with Crippen molar-refractivity contribution < 1.29 is 22.7 Å². The van der Waals surface area contributed by atoms with Crippen LogP contribution in [-0.4, -0.2) is 50.4 Å². The molecule has 8 nitrogen and oxygen atoms in total. The Morgan fingerprint density at radius 3 is 2.24 bits per heavy atom. The molecule has 3 rings (SSSR count). The molecule has 0 heterocycles. The lowest BCUT2D eigenvalue weighted by Gasteiger charge is -2.32. The quantitative estimate of drug-likeness (QED) is 0.241. The van der Waals surface area contributed by atoms with Crippen molar-refractivity contribution in [3.8, 4) is 5.75 Å². The van der Waals surface area contributed by atoms with Crippen LogP contribution in [0, 0.1) is 0 Å². The van der Waals surface area contributed by atoms with Crippen molar-refractivity contribution in [2.24, 2.45) is 0 Å². The van der Waals surface area contributed by atoms with Crippen LogP contribution in [0.3, 0.4) is 0 Å². The highest BCUT2D eigenvalue weighted by atomic mass is 79.9. The summed E-state index contributed by atoms with van der Waals surface area (Å²) in [5.74, 6) is -0.294. The normalized spacial score (nSPS) is 12.7. The van der Waals surface area contributed by atoms with Crippen molar-refractivity contribution in [2.75, 3.05) is 17.5 Å². The highest BCUT2D eigenvalue weighted by molar-refractivity contribution is 9.10. The Balaban J connectivity index is 2.03. The van der Waals surface area contributed by atoms with Gasteiger partial charge in [-0.1, -0.05) is 46.6 Å². The third kappa shape index (κ3) is 8.70. The summed E-state index contributed by atoms with van der Waals surface area (Å²) in [6.07, 6.45) is 0.725. The fourth-order valence-corrected chi connectivity index (χ4v) is 6.00. The second kappa shape index (κ2) is 14.7. The maximum absolute atomic E-state index is 14.0. The number of anilines is 1. The van der Waals surface area contributed by atoms with Gasteiger partial charge in [-0.2, -0.15) is 0 Å². The van der Waals surface area contributed by atoms with Gasteiger partial charge in [0.15, 0.2) is 0 Å². The van der Waals surface area contributed by atoms with Gasteiger partial charge in [0.05, 0.1) is 17.2 Å². The molecular formula is C30H35BrClN3O5S. The molecule has 41 heavy (non-hydrogen) atoms. The Morgan fingerprint density at radius 2 is 1.66 bits per heavy atom. The first kappa shape index (κ1) is 32.4. The van der Waals surface area contributed by atoms with Crippen LogP contribution in [0.15, 0.2) is 82.2 Å². The summed E-state index contributed by atoms with van der Waals surface area (Å²) in [5.41, 5.74) is 1.06. The van der Waals surface area contributed by atoms with Crippen LogP contribution >= 0.6 is 27.5 Å². The number of hydrogen-bond donors (Lipinski definition) is 1. The van der Waals surface area contributed by atoms with E-state index in [1.807, 2.05) is 45.0 Å². The Morgan fingerprint density at radius 1 is 1.00 bits per heavy atom. The van der Waals surface area contributed by atoms with Gasteiger partial charge in [-0.25, -0.2) is 8.42 Å². The van der Waals surface area contributed by atoms with Gasteiger partial charge in [-0.15, -0.1) is 0 Å². The van der Waals surface area contributed by atoms with Crippen molar-refractivity contribution in [1.29, 1.82) is 0 Å². The summed E-state index contributed by atoms with van der Waals surface area (Å²) in [4.78, 5) is 28.5. The van der Waals surface area contributed by atoms with Crippen LogP contribution in [0.5, 0.6) is 5.75 Å². The van der Waals surface area contributed by atoms with Gasteiger partial charge in [-0.05, 0) is 93.4 Å². The fraction of sp³-hybridized carbons (Fsp3) is 0.333. The minimum atomic E-state index is -4.19. The van der Waals surface area contributed by atoms with E-state index < -0.39 is 28.5 Å². The van der Waals surface area contributed by atoms with E-state index in [4.69, 9.17) is 16.3 Å². The molecule has 11 heteroatoms. The van der Waals surface area contributed by atoms with Gasteiger partial charge in [0.2, 0.25) is 11.8 Å². The largest absolute Gasteiger partial charge is 0.494 e. The number of nitrogens with zero attached hydrogens (tertiary/aromatic N) is 2. The lowest BCUT2D eigenvalue weighted by Crippen LogP contribution is -2.52. The van der Waals surface area contributed by atoms with Crippen LogP contribution in [0.4, 0.5) is 5.69 Å². The van der Waals surface area contributed by atoms with E-state index in [0.29, 0.717) is 17.4 Å². The van der Waals surface area contributed by atoms with Crippen molar-refractivity contribution in [3.63, 3.8) is 0 Å².